The summed E-state index contributed by atoms with van der Waals surface area (Å²) in [5.41, 5.74) is 0.470. The molecule has 0 amide bonds. The fourth-order valence-corrected chi connectivity index (χ4v) is 2.80. The first-order valence-corrected chi connectivity index (χ1v) is 7.50. The van der Waals surface area contributed by atoms with E-state index in [1.54, 1.807) is 18.2 Å². The first kappa shape index (κ1) is 15.8. The summed E-state index contributed by atoms with van der Waals surface area (Å²) in [6, 6.07) is 18.8. The van der Waals surface area contributed by atoms with Crippen LogP contribution in [0, 0.1) is 10.1 Å². The van der Waals surface area contributed by atoms with Gasteiger partial charge in [0.05, 0.1) is 16.6 Å². The average Bonchev–Trinajstić information content (AvgIpc) is 2.61. The van der Waals surface area contributed by atoms with Gasteiger partial charge in [-0.05, 0) is 16.8 Å². The fraction of sp³-hybridized carbons (Fsp3) is 0.105. The smallest absolute Gasteiger partial charge is 0.275 e. The van der Waals surface area contributed by atoms with Crippen molar-refractivity contribution in [3.8, 4) is 0 Å². The highest BCUT2D eigenvalue weighted by Crippen LogP contribution is 2.29. The summed E-state index contributed by atoms with van der Waals surface area (Å²) < 4.78 is 0. The first-order valence-electron chi connectivity index (χ1n) is 7.50. The van der Waals surface area contributed by atoms with Crippen molar-refractivity contribution >= 4 is 22.2 Å². The number of hydrogen-bond donors (Lipinski definition) is 1. The second-order valence-electron chi connectivity index (χ2n) is 5.49. The minimum Gasteiger partial charge on any atom is -0.388 e. The number of hydrogen-bond acceptors (Lipinski definition) is 4. The molecule has 0 heterocycles. The Bertz CT molecular complexity index is 915. The maximum Gasteiger partial charge on any atom is 0.275 e. The van der Waals surface area contributed by atoms with E-state index in [2.05, 4.69) is 0 Å². The summed E-state index contributed by atoms with van der Waals surface area (Å²) in [6.07, 6.45) is -1.43. The molecule has 0 aromatic heterocycles. The first-order chi connectivity index (χ1) is 11.6. The van der Waals surface area contributed by atoms with E-state index in [1.807, 2.05) is 30.3 Å². The van der Waals surface area contributed by atoms with Gasteiger partial charge < -0.3 is 5.11 Å². The van der Waals surface area contributed by atoms with Crippen molar-refractivity contribution in [2.75, 3.05) is 0 Å². The third-order valence-corrected chi connectivity index (χ3v) is 3.96. The second kappa shape index (κ2) is 6.60. The van der Waals surface area contributed by atoms with Crippen LogP contribution in [0.25, 0.3) is 10.8 Å². The highest BCUT2D eigenvalue weighted by atomic mass is 16.6. The van der Waals surface area contributed by atoms with Gasteiger partial charge in [0, 0.05) is 18.1 Å². The van der Waals surface area contributed by atoms with Gasteiger partial charge in [-0.1, -0.05) is 54.6 Å². The zero-order chi connectivity index (χ0) is 17.1. The van der Waals surface area contributed by atoms with Gasteiger partial charge in [-0.2, -0.15) is 0 Å². The number of aliphatic hydroxyl groups is 1. The molecule has 1 atom stereocenters. The molecule has 3 aromatic rings. The lowest BCUT2D eigenvalue weighted by Gasteiger charge is -2.12. The van der Waals surface area contributed by atoms with Gasteiger partial charge in [0.25, 0.3) is 5.69 Å². The molecule has 0 spiro atoms. The minimum atomic E-state index is -1.22. The lowest BCUT2D eigenvalue weighted by molar-refractivity contribution is -0.386. The Morgan fingerprint density at radius 3 is 2.46 bits per heavy atom. The predicted octanol–water partition coefficient (Wildman–Crippen LogP) is 4.05. The van der Waals surface area contributed by atoms with Crippen molar-refractivity contribution in [1.29, 1.82) is 0 Å². The van der Waals surface area contributed by atoms with Crippen molar-refractivity contribution in [1.82, 2.24) is 0 Å². The van der Waals surface area contributed by atoms with Crippen molar-refractivity contribution in [3.05, 3.63) is 88.0 Å². The number of nitrogens with zero attached hydrogens (tertiary/aromatic N) is 1. The van der Waals surface area contributed by atoms with Crippen LogP contribution in [0.15, 0.2) is 66.7 Å². The zero-order valence-electron chi connectivity index (χ0n) is 12.8. The Morgan fingerprint density at radius 1 is 1.00 bits per heavy atom. The molecule has 0 fully saturated rings. The second-order valence-corrected chi connectivity index (χ2v) is 5.49. The Balaban J connectivity index is 1.91. The van der Waals surface area contributed by atoms with Crippen LogP contribution in [0.4, 0.5) is 5.69 Å². The normalized spacial score (nSPS) is 12.0. The number of nitro benzene ring substituents is 1. The molecule has 0 aliphatic heterocycles. The van der Waals surface area contributed by atoms with E-state index >= 15 is 0 Å². The zero-order valence-corrected chi connectivity index (χ0v) is 12.8. The maximum atomic E-state index is 12.6. The van der Waals surface area contributed by atoms with E-state index in [9.17, 15) is 20.0 Å². The van der Waals surface area contributed by atoms with E-state index in [-0.39, 0.29) is 23.5 Å². The largest absolute Gasteiger partial charge is 0.388 e. The standard InChI is InChI=1S/C19H15NO4/c21-18(15-10-5-7-13-6-1-2-8-14(13)15)12-19(22)16-9-3-4-11-17(16)20(23)24/h1-11,19,22H,12H2. The molecule has 24 heavy (non-hydrogen) atoms. The highest BCUT2D eigenvalue weighted by molar-refractivity contribution is 6.08. The summed E-state index contributed by atoms with van der Waals surface area (Å²) in [6.45, 7) is 0. The van der Waals surface area contributed by atoms with E-state index < -0.39 is 11.0 Å². The molecule has 3 aromatic carbocycles. The number of nitro groups is 1. The number of Topliss-reactive ketones (excluding diaryl/α,β-unsaturated/α-hetero) is 1. The SMILES string of the molecule is O=C(CC(O)c1ccccc1[N+](=O)[O-])c1cccc2ccccc12. The lowest BCUT2D eigenvalue weighted by atomic mass is 9.95. The van der Waals surface area contributed by atoms with Crippen molar-refractivity contribution < 1.29 is 14.8 Å². The maximum absolute atomic E-state index is 12.6. The van der Waals surface area contributed by atoms with E-state index in [1.165, 1.54) is 18.2 Å². The fourth-order valence-electron chi connectivity index (χ4n) is 2.80. The van der Waals surface area contributed by atoms with Crippen LogP contribution < -0.4 is 0 Å². The van der Waals surface area contributed by atoms with Crippen LogP contribution >= 0.6 is 0 Å². The van der Waals surface area contributed by atoms with Crippen LogP contribution in [0.3, 0.4) is 0 Å². The molecule has 1 unspecified atom stereocenters. The molecule has 0 bridgehead atoms. The van der Waals surface area contributed by atoms with E-state index in [0.717, 1.165) is 10.8 Å². The molecule has 0 aliphatic rings. The molecular formula is C19H15NO4. The molecule has 5 nitrogen and oxygen atoms in total. The number of rotatable bonds is 5. The molecule has 3 rings (SSSR count). The number of ketones is 1. The van der Waals surface area contributed by atoms with Crippen LogP contribution in [0.2, 0.25) is 0 Å². The molecule has 0 saturated carbocycles. The molecule has 0 radical (unpaired) electrons. The number of para-hydroxylation sites is 1. The number of carbonyl (C=O) groups excluding carboxylic acids is 1. The number of fused-ring (bicyclic) bond motifs is 1. The van der Waals surface area contributed by atoms with Crippen LogP contribution in [0.5, 0.6) is 0 Å². The molecule has 120 valence electrons. The summed E-state index contributed by atoms with van der Waals surface area (Å²) in [5, 5.41) is 23.1. The summed E-state index contributed by atoms with van der Waals surface area (Å²) >= 11 is 0. The number of benzene rings is 3. The molecule has 0 aliphatic carbocycles. The van der Waals surface area contributed by atoms with Gasteiger partial charge in [-0.25, -0.2) is 0 Å². The van der Waals surface area contributed by atoms with Gasteiger partial charge in [0.2, 0.25) is 0 Å². The topological polar surface area (TPSA) is 80.4 Å². The third kappa shape index (κ3) is 3.02. The van der Waals surface area contributed by atoms with Crippen LogP contribution in [-0.4, -0.2) is 15.8 Å². The quantitative estimate of drug-likeness (QED) is 0.436. The third-order valence-electron chi connectivity index (χ3n) is 3.96. The van der Waals surface area contributed by atoms with Gasteiger partial charge in [0.1, 0.15) is 0 Å². The predicted molar refractivity (Wildman–Crippen MR) is 91.0 cm³/mol. The van der Waals surface area contributed by atoms with Gasteiger partial charge in [-0.15, -0.1) is 0 Å². The molecule has 5 heteroatoms. The van der Waals surface area contributed by atoms with Gasteiger partial charge in [-0.3, -0.25) is 14.9 Å². The van der Waals surface area contributed by atoms with E-state index in [4.69, 9.17) is 0 Å². The average molecular weight is 321 g/mol. The Kier molecular flexibility index (Phi) is 4.35. The Hall–Kier alpha value is -3.05. The minimum absolute atomic E-state index is 0.149. The van der Waals surface area contributed by atoms with E-state index in [0.29, 0.717) is 5.56 Å². The highest BCUT2D eigenvalue weighted by Gasteiger charge is 2.23. The Morgan fingerprint density at radius 2 is 1.67 bits per heavy atom. The van der Waals surface area contributed by atoms with Crippen LogP contribution in [-0.2, 0) is 0 Å². The van der Waals surface area contributed by atoms with Crippen molar-refractivity contribution in [2.45, 2.75) is 12.5 Å². The summed E-state index contributed by atoms with van der Waals surface area (Å²) in [7, 11) is 0. The monoisotopic (exact) mass is 321 g/mol. The van der Waals surface area contributed by atoms with Gasteiger partial charge in [0.15, 0.2) is 5.78 Å². The Labute approximate surface area is 138 Å². The lowest BCUT2D eigenvalue weighted by Crippen LogP contribution is -2.09. The molecule has 0 saturated heterocycles. The summed E-state index contributed by atoms with van der Waals surface area (Å²) in [5.74, 6) is -0.252. The van der Waals surface area contributed by atoms with Crippen molar-refractivity contribution in [3.63, 3.8) is 0 Å². The molecular weight excluding hydrogens is 306 g/mol. The number of carbonyl (C=O) groups is 1. The summed E-state index contributed by atoms with van der Waals surface area (Å²) in [4.78, 5) is 23.1. The van der Waals surface area contributed by atoms with Gasteiger partial charge >= 0.3 is 0 Å². The molecule has 1 N–H and O–H groups in total. The van der Waals surface area contributed by atoms with Crippen molar-refractivity contribution in [2.24, 2.45) is 0 Å². The van der Waals surface area contributed by atoms with Crippen LogP contribution in [0.1, 0.15) is 28.4 Å². The number of aliphatic hydroxyl groups excluding tert-OH is 1.